The molecule has 6 heteroatoms. The van der Waals surface area contributed by atoms with Gasteiger partial charge in [-0.05, 0) is 19.3 Å². The molecule has 202 valence electrons. The Morgan fingerprint density at radius 3 is 1.21 bits per heavy atom. The molecule has 0 aromatic heterocycles. The molecule has 0 amide bonds. The van der Waals surface area contributed by atoms with Gasteiger partial charge in [0.2, 0.25) is 5.50 Å². The molecule has 3 nitrogen and oxygen atoms in total. The van der Waals surface area contributed by atoms with Crippen LogP contribution in [0.1, 0.15) is 169 Å². The molecule has 0 spiro atoms. The van der Waals surface area contributed by atoms with Crippen LogP contribution < -0.4 is 18.9 Å². The van der Waals surface area contributed by atoms with Crippen molar-refractivity contribution in [1.82, 2.24) is 0 Å². The van der Waals surface area contributed by atoms with Crippen LogP contribution in [0.4, 0.5) is 4.39 Å². The minimum Gasteiger partial charge on any atom is -1.00 e. The van der Waals surface area contributed by atoms with Gasteiger partial charge in [0.1, 0.15) is 0 Å². The van der Waals surface area contributed by atoms with Crippen LogP contribution in [0.3, 0.4) is 0 Å². The zero-order chi connectivity index (χ0) is 24.5. The minimum absolute atomic E-state index is 0. The molecule has 1 atom stereocenters. The van der Waals surface area contributed by atoms with Gasteiger partial charge in [-0.2, -0.15) is 8.42 Å². The molecule has 0 saturated heterocycles. The maximum atomic E-state index is 14.1. The van der Waals surface area contributed by atoms with Gasteiger partial charge in [0.25, 0.3) is 10.1 Å². The number of unbranched alkanes of at least 4 members (excludes halogenated alkanes) is 21. The van der Waals surface area contributed by atoms with Gasteiger partial charge in [-0.3, -0.25) is 4.18 Å². The molecule has 0 aromatic rings. The summed E-state index contributed by atoms with van der Waals surface area (Å²) in [5.41, 5.74) is -1.87. The van der Waals surface area contributed by atoms with Crippen LogP contribution in [-0.2, 0) is 14.3 Å². The zero-order valence-electron chi connectivity index (χ0n) is 24.3. The third-order valence-corrected chi connectivity index (χ3v) is 7.95. The van der Waals surface area contributed by atoms with E-state index in [1.165, 1.54) is 109 Å². The third-order valence-electron chi connectivity index (χ3n) is 6.59. The standard InChI is InChI=1S/C28H57FO3S.Li.H/c1-3-5-7-9-11-13-14-15-16-17-19-21-23-25-27-32-33(30,31)28(29)26-24-22-20-18-12-10-8-6-4-2;;/h28H,3-27H2,1-2H3;;/q;+1;-1. The second kappa shape index (κ2) is 28.0. The first-order chi connectivity index (χ1) is 16.0. The molecule has 0 fully saturated rings. The molecule has 1 unspecified atom stereocenters. The van der Waals surface area contributed by atoms with Gasteiger partial charge in [0, 0.05) is 0 Å². The first kappa shape index (κ1) is 36.6. The van der Waals surface area contributed by atoms with Crippen molar-refractivity contribution in [2.75, 3.05) is 6.61 Å². The van der Waals surface area contributed by atoms with Crippen molar-refractivity contribution in [1.29, 1.82) is 0 Å². The smallest absolute Gasteiger partial charge is 1.00 e. The van der Waals surface area contributed by atoms with Crippen LogP contribution in [-0.4, -0.2) is 20.5 Å². The minimum atomic E-state index is -4.05. The summed E-state index contributed by atoms with van der Waals surface area (Å²) >= 11 is 0. The Labute approximate surface area is 226 Å². The molecular weight excluding hydrogens is 442 g/mol. The summed E-state index contributed by atoms with van der Waals surface area (Å²) < 4.78 is 42.9. The van der Waals surface area contributed by atoms with E-state index in [0.717, 1.165) is 25.7 Å². The summed E-state index contributed by atoms with van der Waals surface area (Å²) in [6.45, 7) is 4.60. The van der Waals surface area contributed by atoms with Gasteiger partial charge in [-0.1, -0.05) is 149 Å². The van der Waals surface area contributed by atoms with Crippen molar-refractivity contribution >= 4 is 10.1 Å². The fraction of sp³-hybridized carbons (Fsp3) is 1.00. The molecule has 0 heterocycles. The predicted octanol–water partition coefficient (Wildman–Crippen LogP) is 7.15. The topological polar surface area (TPSA) is 43.4 Å². The molecule has 0 aliphatic rings. The molecule has 0 aromatic carbocycles. The Kier molecular flexibility index (Phi) is 30.2. The van der Waals surface area contributed by atoms with Gasteiger partial charge >= 0.3 is 18.9 Å². The fourth-order valence-electron chi connectivity index (χ4n) is 4.31. The molecule has 0 aliphatic carbocycles. The van der Waals surface area contributed by atoms with E-state index < -0.39 is 15.6 Å². The zero-order valence-corrected chi connectivity index (χ0v) is 24.1. The van der Waals surface area contributed by atoms with Gasteiger partial charge < -0.3 is 1.43 Å². The summed E-state index contributed by atoms with van der Waals surface area (Å²) in [7, 11) is -4.05. The number of alkyl halides is 1. The first-order valence-electron chi connectivity index (χ1n) is 14.6. The SMILES string of the molecule is CCCCCCCCCCCCCCCCOS(=O)(=O)C(F)CCCCCCCCCCC.[H-].[Li+]. The van der Waals surface area contributed by atoms with Crippen molar-refractivity contribution in [2.24, 2.45) is 0 Å². The number of hydrogen-bond acceptors (Lipinski definition) is 3. The number of rotatable bonds is 27. The molecule has 0 N–H and O–H groups in total. The third kappa shape index (κ3) is 25.5. The van der Waals surface area contributed by atoms with E-state index >= 15 is 0 Å². The van der Waals surface area contributed by atoms with Crippen LogP contribution in [0.15, 0.2) is 0 Å². The summed E-state index contributed by atoms with van der Waals surface area (Å²) in [6, 6.07) is 0. The summed E-state index contributed by atoms with van der Waals surface area (Å²) in [5, 5.41) is 0. The first-order valence-corrected chi connectivity index (χ1v) is 16.0. The molecular formula is C28H58FLiO3S. The summed E-state index contributed by atoms with van der Waals surface area (Å²) in [5.74, 6) is 0. The van der Waals surface area contributed by atoms with Crippen molar-refractivity contribution in [3.8, 4) is 0 Å². The Morgan fingerprint density at radius 1 is 0.559 bits per heavy atom. The van der Waals surface area contributed by atoms with E-state index in [9.17, 15) is 12.8 Å². The van der Waals surface area contributed by atoms with Crippen LogP contribution in [0.25, 0.3) is 0 Å². The molecule has 0 aliphatic heterocycles. The van der Waals surface area contributed by atoms with Gasteiger partial charge in [-0.15, -0.1) is 0 Å². The average Bonchev–Trinajstić information content (AvgIpc) is 2.80. The fourth-order valence-corrected chi connectivity index (χ4v) is 5.26. The second-order valence-corrected chi connectivity index (χ2v) is 11.7. The maximum Gasteiger partial charge on any atom is 1.00 e. The Balaban J connectivity index is -0.00000512. The van der Waals surface area contributed by atoms with Gasteiger partial charge in [0.05, 0.1) is 6.61 Å². The quantitative estimate of drug-likeness (QED) is 0.0683. The molecule has 0 bridgehead atoms. The summed E-state index contributed by atoms with van der Waals surface area (Å²) in [6.07, 6.45) is 27.7. The average molecular weight is 501 g/mol. The van der Waals surface area contributed by atoms with Crippen molar-refractivity contribution in [3.63, 3.8) is 0 Å². The van der Waals surface area contributed by atoms with Gasteiger partial charge in [0.15, 0.2) is 0 Å². The van der Waals surface area contributed by atoms with E-state index in [4.69, 9.17) is 4.18 Å². The van der Waals surface area contributed by atoms with E-state index in [-0.39, 0.29) is 33.3 Å². The second-order valence-electron chi connectivity index (χ2n) is 9.94. The Morgan fingerprint density at radius 2 is 0.853 bits per heavy atom. The van der Waals surface area contributed by atoms with E-state index in [2.05, 4.69) is 13.8 Å². The summed E-state index contributed by atoms with van der Waals surface area (Å²) in [4.78, 5) is 0. The maximum absolute atomic E-state index is 14.1. The van der Waals surface area contributed by atoms with Crippen molar-refractivity contribution < 1.29 is 37.3 Å². The van der Waals surface area contributed by atoms with E-state index in [0.29, 0.717) is 12.8 Å². The van der Waals surface area contributed by atoms with Crippen molar-refractivity contribution in [3.05, 3.63) is 0 Å². The van der Waals surface area contributed by atoms with Gasteiger partial charge in [-0.25, -0.2) is 4.39 Å². The van der Waals surface area contributed by atoms with Crippen LogP contribution in [0, 0.1) is 0 Å². The molecule has 0 saturated carbocycles. The normalized spacial score (nSPS) is 12.6. The number of hydrogen-bond donors (Lipinski definition) is 0. The van der Waals surface area contributed by atoms with E-state index in [1.54, 1.807) is 0 Å². The largest absolute Gasteiger partial charge is 1.00 e. The van der Waals surface area contributed by atoms with Crippen LogP contribution in [0.2, 0.25) is 0 Å². The molecule has 0 radical (unpaired) electrons. The van der Waals surface area contributed by atoms with Crippen LogP contribution in [0.5, 0.6) is 0 Å². The van der Waals surface area contributed by atoms with Crippen molar-refractivity contribution in [2.45, 2.75) is 173 Å². The monoisotopic (exact) mass is 500 g/mol. The predicted molar refractivity (Wildman–Crippen MR) is 143 cm³/mol. The van der Waals surface area contributed by atoms with E-state index in [1.807, 2.05) is 0 Å². The van der Waals surface area contributed by atoms with Crippen LogP contribution >= 0.6 is 0 Å². The molecule has 0 rings (SSSR count). The molecule has 34 heavy (non-hydrogen) atoms. The Hall–Kier alpha value is 0.437. The Bertz CT molecular complexity index is 495. The number of halogens is 1.